The topological polar surface area (TPSA) is 12.0 Å². The van der Waals surface area contributed by atoms with Crippen LogP contribution in [0.1, 0.15) is 44.2 Å². The van der Waals surface area contributed by atoms with Crippen molar-refractivity contribution in [2.75, 3.05) is 6.54 Å². The van der Waals surface area contributed by atoms with Crippen molar-refractivity contribution in [2.45, 2.75) is 44.8 Å². The molecule has 114 valence electrons. The van der Waals surface area contributed by atoms with E-state index < -0.39 is 12.6 Å². The van der Waals surface area contributed by atoms with Crippen LogP contribution in [-0.4, -0.2) is 12.7 Å². The summed E-state index contributed by atoms with van der Waals surface area (Å²) in [6.07, 6.45) is -3.63. The minimum Gasteiger partial charge on any atom is -0.310 e. The zero-order chi connectivity index (χ0) is 15.2. The second-order valence-electron chi connectivity index (χ2n) is 4.65. The summed E-state index contributed by atoms with van der Waals surface area (Å²) in [6.45, 7) is 2.70. The molecule has 0 aromatic heterocycles. The lowest BCUT2D eigenvalue weighted by atomic mass is 10.0. The third-order valence-corrected chi connectivity index (χ3v) is 3.60. The Morgan fingerprint density at radius 2 is 1.80 bits per heavy atom. The molecule has 0 heterocycles. The smallest absolute Gasteiger partial charge is 0.310 e. The first-order valence-corrected chi connectivity index (χ1v) is 7.34. The van der Waals surface area contributed by atoms with E-state index in [9.17, 15) is 13.2 Å². The van der Waals surface area contributed by atoms with Crippen molar-refractivity contribution in [3.05, 3.63) is 33.8 Å². The SMILES string of the molecule is CCCNC(CCCC(F)(F)F)c1c(Cl)cccc1Cl. The molecule has 0 bridgehead atoms. The predicted molar refractivity (Wildman–Crippen MR) is 77.4 cm³/mol. The molecular formula is C14H18Cl2F3N. The van der Waals surface area contributed by atoms with Crippen LogP contribution >= 0.6 is 23.2 Å². The second-order valence-corrected chi connectivity index (χ2v) is 5.46. The highest BCUT2D eigenvalue weighted by atomic mass is 35.5. The molecule has 1 N–H and O–H groups in total. The highest BCUT2D eigenvalue weighted by molar-refractivity contribution is 6.36. The Hall–Kier alpha value is -0.450. The zero-order valence-corrected chi connectivity index (χ0v) is 12.7. The lowest BCUT2D eigenvalue weighted by Crippen LogP contribution is -2.23. The van der Waals surface area contributed by atoms with Crippen molar-refractivity contribution in [1.29, 1.82) is 0 Å². The van der Waals surface area contributed by atoms with Crippen molar-refractivity contribution >= 4 is 23.2 Å². The van der Waals surface area contributed by atoms with Gasteiger partial charge in [0, 0.05) is 28.1 Å². The van der Waals surface area contributed by atoms with E-state index in [1.54, 1.807) is 18.2 Å². The average Bonchev–Trinajstić information content (AvgIpc) is 2.33. The van der Waals surface area contributed by atoms with Gasteiger partial charge in [-0.25, -0.2) is 0 Å². The van der Waals surface area contributed by atoms with Gasteiger partial charge >= 0.3 is 6.18 Å². The van der Waals surface area contributed by atoms with Crippen LogP contribution in [0.5, 0.6) is 0 Å². The normalized spacial score (nSPS) is 13.5. The monoisotopic (exact) mass is 327 g/mol. The lowest BCUT2D eigenvalue weighted by Gasteiger charge is -2.21. The zero-order valence-electron chi connectivity index (χ0n) is 11.2. The highest BCUT2D eigenvalue weighted by Gasteiger charge is 2.27. The molecule has 1 aromatic rings. The Balaban J connectivity index is 2.78. The number of benzene rings is 1. The fourth-order valence-corrected chi connectivity index (χ4v) is 2.68. The van der Waals surface area contributed by atoms with Crippen LogP contribution < -0.4 is 5.32 Å². The van der Waals surface area contributed by atoms with E-state index in [1.807, 2.05) is 6.92 Å². The number of halogens is 5. The summed E-state index contributed by atoms with van der Waals surface area (Å²) >= 11 is 12.3. The molecular weight excluding hydrogens is 310 g/mol. The van der Waals surface area contributed by atoms with Crippen LogP contribution in [0.3, 0.4) is 0 Å². The van der Waals surface area contributed by atoms with Crippen molar-refractivity contribution in [1.82, 2.24) is 5.32 Å². The third kappa shape index (κ3) is 5.90. The Labute approximate surface area is 127 Å². The summed E-state index contributed by atoms with van der Waals surface area (Å²) in [7, 11) is 0. The molecule has 0 aliphatic heterocycles. The molecule has 0 spiro atoms. The molecule has 0 aliphatic rings. The first-order chi connectivity index (χ1) is 9.35. The van der Waals surface area contributed by atoms with Crippen molar-refractivity contribution in [3.63, 3.8) is 0 Å². The van der Waals surface area contributed by atoms with E-state index in [0.717, 1.165) is 6.42 Å². The standard InChI is InChI=1S/C14H18Cl2F3N/c1-2-9-20-12(7-4-8-14(17,18)19)13-10(15)5-3-6-11(13)16/h3,5-6,12,20H,2,4,7-9H2,1H3. The molecule has 0 radical (unpaired) electrons. The summed E-state index contributed by atoms with van der Waals surface area (Å²) in [6, 6.07) is 4.87. The van der Waals surface area contributed by atoms with Gasteiger partial charge in [-0.2, -0.15) is 13.2 Å². The predicted octanol–water partition coefficient (Wildman–Crippen LogP) is 5.77. The molecule has 1 unspecified atom stereocenters. The maximum absolute atomic E-state index is 12.2. The van der Waals surface area contributed by atoms with Gasteiger partial charge in [0.1, 0.15) is 0 Å². The van der Waals surface area contributed by atoms with Crippen LogP contribution in [0.25, 0.3) is 0 Å². The van der Waals surface area contributed by atoms with Crippen molar-refractivity contribution < 1.29 is 13.2 Å². The van der Waals surface area contributed by atoms with Gasteiger partial charge in [0.15, 0.2) is 0 Å². The molecule has 1 nitrogen and oxygen atoms in total. The van der Waals surface area contributed by atoms with Crippen molar-refractivity contribution in [2.24, 2.45) is 0 Å². The van der Waals surface area contributed by atoms with E-state index in [-0.39, 0.29) is 12.5 Å². The fraction of sp³-hybridized carbons (Fsp3) is 0.571. The van der Waals surface area contributed by atoms with Gasteiger partial charge in [-0.3, -0.25) is 0 Å². The Bertz CT molecular complexity index is 401. The summed E-state index contributed by atoms with van der Waals surface area (Å²) in [5.41, 5.74) is 0.687. The molecule has 1 rings (SSSR count). The quantitative estimate of drug-likeness (QED) is 0.670. The lowest BCUT2D eigenvalue weighted by molar-refractivity contribution is -0.135. The van der Waals surface area contributed by atoms with E-state index in [1.165, 1.54) is 0 Å². The van der Waals surface area contributed by atoms with Gasteiger partial charge in [-0.15, -0.1) is 0 Å². The molecule has 1 aromatic carbocycles. The molecule has 20 heavy (non-hydrogen) atoms. The van der Waals surface area contributed by atoms with Crippen LogP contribution in [0.15, 0.2) is 18.2 Å². The second kappa shape index (κ2) is 8.11. The van der Waals surface area contributed by atoms with Gasteiger partial charge < -0.3 is 5.32 Å². The minimum absolute atomic E-state index is 0.0480. The molecule has 0 saturated heterocycles. The first kappa shape index (κ1) is 17.6. The average molecular weight is 328 g/mol. The van der Waals surface area contributed by atoms with Gasteiger partial charge in [-0.05, 0) is 37.9 Å². The molecule has 0 fully saturated rings. The van der Waals surface area contributed by atoms with E-state index in [4.69, 9.17) is 23.2 Å². The molecule has 0 aliphatic carbocycles. The van der Waals surface area contributed by atoms with E-state index >= 15 is 0 Å². The largest absolute Gasteiger partial charge is 0.389 e. The third-order valence-electron chi connectivity index (χ3n) is 2.94. The van der Waals surface area contributed by atoms with Crippen LogP contribution in [0, 0.1) is 0 Å². The number of rotatable bonds is 7. The highest BCUT2D eigenvalue weighted by Crippen LogP contribution is 2.34. The Kier molecular flexibility index (Phi) is 7.13. The number of alkyl halides is 3. The molecule has 0 saturated carbocycles. The van der Waals surface area contributed by atoms with E-state index in [0.29, 0.717) is 28.6 Å². The molecule has 0 amide bonds. The van der Waals surface area contributed by atoms with Crippen molar-refractivity contribution in [3.8, 4) is 0 Å². The maximum atomic E-state index is 12.2. The van der Waals surface area contributed by atoms with Gasteiger partial charge in [0.05, 0.1) is 0 Å². The number of nitrogens with one attached hydrogen (secondary N) is 1. The van der Waals surface area contributed by atoms with Gasteiger partial charge in [-0.1, -0.05) is 36.2 Å². The Morgan fingerprint density at radius 1 is 1.20 bits per heavy atom. The summed E-state index contributed by atoms with van der Waals surface area (Å²) in [4.78, 5) is 0. The number of hydrogen-bond acceptors (Lipinski definition) is 1. The fourth-order valence-electron chi connectivity index (χ4n) is 2.02. The van der Waals surface area contributed by atoms with Crippen LogP contribution in [0.4, 0.5) is 13.2 Å². The summed E-state index contributed by atoms with van der Waals surface area (Å²) in [5.74, 6) is 0. The van der Waals surface area contributed by atoms with Gasteiger partial charge in [0.25, 0.3) is 0 Å². The summed E-state index contributed by atoms with van der Waals surface area (Å²) < 4.78 is 36.7. The van der Waals surface area contributed by atoms with E-state index in [2.05, 4.69) is 5.32 Å². The Morgan fingerprint density at radius 3 is 2.30 bits per heavy atom. The maximum Gasteiger partial charge on any atom is 0.389 e. The summed E-state index contributed by atoms with van der Waals surface area (Å²) in [5, 5.41) is 4.19. The molecule has 6 heteroatoms. The van der Waals surface area contributed by atoms with Crippen LogP contribution in [0.2, 0.25) is 10.0 Å². The van der Waals surface area contributed by atoms with Gasteiger partial charge in [0.2, 0.25) is 0 Å². The molecule has 1 atom stereocenters. The first-order valence-electron chi connectivity index (χ1n) is 6.59. The minimum atomic E-state index is -4.13. The van der Waals surface area contributed by atoms with Crippen LogP contribution in [-0.2, 0) is 0 Å². The number of hydrogen-bond donors (Lipinski definition) is 1.